The number of amides is 1. The fraction of sp³-hybridized carbons (Fsp3) is 0.536. The fourth-order valence-corrected chi connectivity index (χ4v) is 4.59. The molecule has 3 rings (SSSR count). The molecule has 0 atom stereocenters. The largest absolute Gasteiger partial charge is 0.465 e. The minimum absolute atomic E-state index is 0.409. The van der Waals surface area contributed by atoms with Gasteiger partial charge in [-0.2, -0.15) is 0 Å². The first-order valence-corrected chi connectivity index (χ1v) is 13.4. The lowest BCUT2D eigenvalue weighted by Crippen LogP contribution is -2.31. The summed E-state index contributed by atoms with van der Waals surface area (Å²) in [5, 5.41) is 9.74. The minimum Gasteiger partial charge on any atom is -0.465 e. The van der Waals surface area contributed by atoms with Crippen LogP contribution in [-0.4, -0.2) is 71.6 Å². The normalized spacial score (nSPS) is 11.5. The third-order valence-electron chi connectivity index (χ3n) is 6.52. The molecule has 2 aromatic heterocycles. The number of unbranched alkanes of at least 4 members (excludes halogenated alkanes) is 1. The van der Waals surface area contributed by atoms with Crippen molar-refractivity contribution in [3.8, 4) is 0 Å². The lowest BCUT2D eigenvalue weighted by atomic mass is 10.1. The van der Waals surface area contributed by atoms with Gasteiger partial charge in [-0.15, -0.1) is 0 Å². The van der Waals surface area contributed by atoms with Gasteiger partial charge < -0.3 is 24.5 Å². The van der Waals surface area contributed by atoms with E-state index in [4.69, 9.17) is 0 Å². The molecule has 0 aliphatic rings. The summed E-state index contributed by atoms with van der Waals surface area (Å²) in [4.78, 5) is 30.2. The average Bonchev–Trinajstić information content (AvgIpc) is 3.54. The van der Waals surface area contributed by atoms with Crippen molar-refractivity contribution < 1.29 is 9.90 Å². The Bertz CT molecular complexity index is 1030. The van der Waals surface area contributed by atoms with Crippen LogP contribution in [0.3, 0.4) is 0 Å². The molecule has 0 unspecified atom stereocenters. The Morgan fingerprint density at radius 2 is 1.54 bits per heavy atom. The maximum absolute atomic E-state index is 11.9. The maximum atomic E-state index is 11.9. The molecule has 0 bridgehead atoms. The van der Waals surface area contributed by atoms with Crippen molar-refractivity contribution in [3.05, 3.63) is 71.8 Å². The lowest BCUT2D eigenvalue weighted by Gasteiger charge is -2.23. The second-order valence-electron chi connectivity index (χ2n) is 9.70. The van der Waals surface area contributed by atoms with Gasteiger partial charge in [0.15, 0.2) is 0 Å². The quantitative estimate of drug-likeness (QED) is 0.256. The number of aromatic amines is 1. The van der Waals surface area contributed by atoms with Crippen LogP contribution in [-0.2, 0) is 33.2 Å². The molecule has 0 aliphatic carbocycles. The van der Waals surface area contributed by atoms with Crippen molar-refractivity contribution in [2.45, 2.75) is 65.7 Å². The zero-order chi connectivity index (χ0) is 26.5. The summed E-state index contributed by atoms with van der Waals surface area (Å²) in [6, 6.07) is 8.27. The first-order chi connectivity index (χ1) is 18.0. The molecule has 2 N–H and O–H groups in total. The Hall–Kier alpha value is -3.17. The summed E-state index contributed by atoms with van der Waals surface area (Å²) in [5.74, 6) is 1.91. The molecule has 1 amide bonds. The number of aryl methyl sites for hydroxylation is 1. The van der Waals surface area contributed by atoms with Crippen LogP contribution in [0, 0.1) is 0 Å². The lowest BCUT2D eigenvalue weighted by molar-refractivity contribution is 0.140. The zero-order valence-electron chi connectivity index (χ0n) is 22.6. The number of H-pyrrole nitrogens is 1. The van der Waals surface area contributed by atoms with E-state index in [0.29, 0.717) is 26.2 Å². The molecule has 3 aromatic rings. The van der Waals surface area contributed by atoms with Crippen molar-refractivity contribution in [2.75, 3.05) is 26.2 Å². The van der Waals surface area contributed by atoms with Crippen LogP contribution in [0.15, 0.2) is 49.1 Å². The van der Waals surface area contributed by atoms with E-state index in [9.17, 15) is 9.90 Å². The van der Waals surface area contributed by atoms with E-state index in [-0.39, 0.29) is 0 Å². The van der Waals surface area contributed by atoms with E-state index in [1.807, 2.05) is 42.3 Å². The van der Waals surface area contributed by atoms with Gasteiger partial charge in [0.05, 0.1) is 13.1 Å². The molecule has 37 heavy (non-hydrogen) atoms. The van der Waals surface area contributed by atoms with Gasteiger partial charge in [0, 0.05) is 51.5 Å². The van der Waals surface area contributed by atoms with E-state index in [2.05, 4.69) is 50.7 Å². The highest BCUT2D eigenvalue weighted by Crippen LogP contribution is 2.14. The number of hydrogen-bond acceptors (Lipinski definition) is 5. The van der Waals surface area contributed by atoms with Gasteiger partial charge in [-0.25, -0.2) is 14.8 Å². The summed E-state index contributed by atoms with van der Waals surface area (Å²) >= 11 is 0. The van der Waals surface area contributed by atoms with Crippen molar-refractivity contribution in [2.24, 2.45) is 7.05 Å². The molecule has 0 aliphatic heterocycles. The average molecular weight is 510 g/mol. The number of rotatable bonds is 17. The number of benzene rings is 1. The Kier molecular flexibility index (Phi) is 11.6. The number of aromatic nitrogens is 4. The van der Waals surface area contributed by atoms with Gasteiger partial charge in [0.25, 0.3) is 0 Å². The summed E-state index contributed by atoms with van der Waals surface area (Å²) in [7, 11) is 2.00. The van der Waals surface area contributed by atoms with Crippen molar-refractivity contribution in [3.63, 3.8) is 0 Å². The highest BCUT2D eigenvalue weighted by Gasteiger charge is 2.15. The van der Waals surface area contributed by atoms with Gasteiger partial charge in [-0.05, 0) is 56.4 Å². The second-order valence-corrected chi connectivity index (χ2v) is 9.70. The molecular formula is C28H43N7O2. The SMILES string of the molecule is CCCN(CCC)CCCCN(Cc1ccc(CN(Cc2ncc[nH]2)Cc2nccn2C)cc1)C(=O)O. The van der Waals surface area contributed by atoms with Crippen LogP contribution in [0.25, 0.3) is 0 Å². The fourth-order valence-electron chi connectivity index (χ4n) is 4.59. The first kappa shape index (κ1) is 28.4. The van der Waals surface area contributed by atoms with Gasteiger partial charge in [0.1, 0.15) is 11.6 Å². The van der Waals surface area contributed by atoms with Gasteiger partial charge in [-0.3, -0.25) is 4.90 Å². The predicted molar refractivity (Wildman–Crippen MR) is 146 cm³/mol. The first-order valence-electron chi connectivity index (χ1n) is 13.4. The van der Waals surface area contributed by atoms with Gasteiger partial charge in [-0.1, -0.05) is 38.1 Å². The van der Waals surface area contributed by atoms with Gasteiger partial charge in [0.2, 0.25) is 0 Å². The van der Waals surface area contributed by atoms with Crippen LogP contribution >= 0.6 is 0 Å². The summed E-state index contributed by atoms with van der Waals surface area (Å²) in [6.07, 6.45) is 10.7. The number of carboxylic acid groups (broad SMARTS) is 1. The number of hydrogen-bond donors (Lipinski definition) is 2. The van der Waals surface area contributed by atoms with E-state index in [1.165, 1.54) is 10.5 Å². The number of carbonyl (C=O) groups is 1. The van der Waals surface area contributed by atoms with Gasteiger partial charge >= 0.3 is 6.09 Å². The molecule has 202 valence electrons. The topological polar surface area (TPSA) is 93.5 Å². The molecule has 9 heteroatoms. The smallest absolute Gasteiger partial charge is 0.407 e. The van der Waals surface area contributed by atoms with Crippen molar-refractivity contribution in [1.82, 2.24) is 34.2 Å². The van der Waals surface area contributed by atoms with Crippen molar-refractivity contribution >= 4 is 6.09 Å². The molecule has 0 saturated carbocycles. The zero-order valence-corrected chi connectivity index (χ0v) is 22.6. The monoisotopic (exact) mass is 509 g/mol. The molecule has 1 aromatic carbocycles. The summed E-state index contributed by atoms with van der Waals surface area (Å²) < 4.78 is 2.03. The number of nitrogens with one attached hydrogen (secondary N) is 1. The number of nitrogens with zero attached hydrogens (tertiary/aromatic N) is 6. The maximum Gasteiger partial charge on any atom is 0.407 e. The standard InChI is InChI=1S/C28H43N7O2/c1-4-15-33(16-5-2)17-6-7-18-35(28(36)37)21-25-10-8-24(9-11-25)20-34(22-26-29-12-13-30-26)23-27-31-14-19-32(27)3/h8-14,19H,4-7,15-18,20-23H2,1-3H3,(H,29,30)(H,36,37). The number of imidazole rings is 2. The highest BCUT2D eigenvalue weighted by molar-refractivity contribution is 5.65. The van der Waals surface area contributed by atoms with E-state index in [0.717, 1.165) is 69.1 Å². The summed E-state index contributed by atoms with van der Waals surface area (Å²) in [5.41, 5.74) is 2.17. The highest BCUT2D eigenvalue weighted by atomic mass is 16.4. The van der Waals surface area contributed by atoms with Crippen LogP contribution < -0.4 is 0 Å². The molecule has 0 saturated heterocycles. The van der Waals surface area contributed by atoms with E-state index < -0.39 is 6.09 Å². The summed E-state index contributed by atoms with van der Waals surface area (Å²) in [6.45, 7) is 10.8. The predicted octanol–water partition coefficient (Wildman–Crippen LogP) is 4.73. The molecule has 0 fully saturated rings. The molecule has 2 heterocycles. The van der Waals surface area contributed by atoms with E-state index >= 15 is 0 Å². The minimum atomic E-state index is -0.859. The Balaban J connectivity index is 1.54. The Morgan fingerprint density at radius 1 is 0.865 bits per heavy atom. The van der Waals surface area contributed by atoms with E-state index in [1.54, 1.807) is 6.20 Å². The van der Waals surface area contributed by atoms with Crippen LogP contribution in [0.2, 0.25) is 0 Å². The van der Waals surface area contributed by atoms with Crippen LogP contribution in [0.4, 0.5) is 4.79 Å². The molecule has 0 radical (unpaired) electrons. The second kappa shape index (κ2) is 15.2. The Morgan fingerprint density at radius 3 is 2.11 bits per heavy atom. The van der Waals surface area contributed by atoms with Crippen LogP contribution in [0.1, 0.15) is 62.3 Å². The third kappa shape index (κ3) is 9.66. The Labute approximate surface area is 221 Å². The molecular weight excluding hydrogens is 466 g/mol. The molecule has 9 nitrogen and oxygen atoms in total. The van der Waals surface area contributed by atoms with Crippen LogP contribution in [0.5, 0.6) is 0 Å². The third-order valence-corrected chi connectivity index (χ3v) is 6.52. The van der Waals surface area contributed by atoms with Crippen molar-refractivity contribution in [1.29, 1.82) is 0 Å². The molecule has 0 spiro atoms.